The molecule has 0 aromatic heterocycles. The minimum Gasteiger partial charge on any atom is -0.381 e. The van der Waals surface area contributed by atoms with E-state index in [1.165, 1.54) is 22.4 Å². The maximum atomic E-state index is 3.51. The van der Waals surface area contributed by atoms with Gasteiger partial charge < -0.3 is 5.32 Å². The fourth-order valence-corrected chi connectivity index (χ4v) is 2.17. The van der Waals surface area contributed by atoms with Gasteiger partial charge in [0.2, 0.25) is 0 Å². The molecule has 0 saturated heterocycles. The lowest BCUT2D eigenvalue weighted by Gasteiger charge is -2.11. The number of hydrogen-bond donors (Lipinski definition) is 1. The molecule has 0 unspecified atom stereocenters. The molecule has 0 spiro atoms. The van der Waals surface area contributed by atoms with Crippen LogP contribution < -0.4 is 5.32 Å². The van der Waals surface area contributed by atoms with Crippen LogP contribution in [0.5, 0.6) is 0 Å². The minimum atomic E-state index is 0.900. The molecular formula is C17H21N. The van der Waals surface area contributed by atoms with Crippen LogP contribution in [0.25, 0.3) is 0 Å². The summed E-state index contributed by atoms with van der Waals surface area (Å²) in [6.45, 7) is 5.29. The van der Waals surface area contributed by atoms with Gasteiger partial charge in [0, 0.05) is 12.2 Å². The van der Waals surface area contributed by atoms with Gasteiger partial charge in [0.15, 0.2) is 0 Å². The highest BCUT2D eigenvalue weighted by molar-refractivity contribution is 5.46. The molecular weight excluding hydrogens is 218 g/mol. The van der Waals surface area contributed by atoms with Crippen LogP contribution in [-0.4, -0.2) is 0 Å². The van der Waals surface area contributed by atoms with Crippen LogP contribution in [-0.2, 0) is 19.4 Å². The number of aryl methyl sites for hydroxylation is 2. The van der Waals surface area contributed by atoms with Crippen LogP contribution in [0.2, 0.25) is 0 Å². The SMILES string of the molecule is CCc1cccc(NCc2ccccc2CC)c1. The number of hydrogen-bond acceptors (Lipinski definition) is 1. The Morgan fingerprint density at radius 3 is 2.33 bits per heavy atom. The average molecular weight is 239 g/mol. The first-order valence-corrected chi connectivity index (χ1v) is 6.73. The molecule has 0 atom stereocenters. The second-order valence-corrected chi connectivity index (χ2v) is 4.53. The fourth-order valence-electron chi connectivity index (χ4n) is 2.17. The first-order valence-electron chi connectivity index (χ1n) is 6.73. The van der Waals surface area contributed by atoms with Crippen molar-refractivity contribution in [2.45, 2.75) is 33.2 Å². The average Bonchev–Trinajstić information content (AvgIpc) is 2.45. The lowest BCUT2D eigenvalue weighted by molar-refractivity contribution is 1.04. The molecule has 2 rings (SSSR count). The second kappa shape index (κ2) is 6.25. The molecule has 0 radical (unpaired) electrons. The van der Waals surface area contributed by atoms with Crippen molar-refractivity contribution in [3.05, 3.63) is 65.2 Å². The van der Waals surface area contributed by atoms with E-state index in [2.05, 4.69) is 67.7 Å². The summed E-state index contributed by atoms with van der Waals surface area (Å²) in [5.74, 6) is 0. The Balaban J connectivity index is 2.06. The van der Waals surface area contributed by atoms with E-state index in [0.717, 1.165) is 19.4 Å². The molecule has 0 amide bonds. The topological polar surface area (TPSA) is 12.0 Å². The van der Waals surface area contributed by atoms with Crippen molar-refractivity contribution >= 4 is 5.69 Å². The normalized spacial score (nSPS) is 10.3. The van der Waals surface area contributed by atoms with Gasteiger partial charge >= 0.3 is 0 Å². The first kappa shape index (κ1) is 12.7. The molecule has 0 bridgehead atoms. The summed E-state index contributed by atoms with van der Waals surface area (Å²) in [5, 5.41) is 3.51. The zero-order chi connectivity index (χ0) is 12.8. The Bertz CT molecular complexity index is 502. The molecule has 0 saturated carbocycles. The van der Waals surface area contributed by atoms with Gasteiger partial charge in [0.05, 0.1) is 0 Å². The number of rotatable bonds is 5. The van der Waals surface area contributed by atoms with Crippen LogP contribution in [0.1, 0.15) is 30.5 Å². The highest BCUT2D eigenvalue weighted by atomic mass is 14.9. The summed E-state index contributed by atoms with van der Waals surface area (Å²) in [4.78, 5) is 0. The number of anilines is 1. The van der Waals surface area contributed by atoms with E-state index in [-0.39, 0.29) is 0 Å². The van der Waals surface area contributed by atoms with E-state index in [9.17, 15) is 0 Å². The van der Waals surface area contributed by atoms with E-state index in [1.54, 1.807) is 0 Å². The smallest absolute Gasteiger partial charge is 0.0403 e. The third-order valence-corrected chi connectivity index (χ3v) is 3.32. The molecule has 18 heavy (non-hydrogen) atoms. The van der Waals surface area contributed by atoms with Crippen molar-refractivity contribution in [3.63, 3.8) is 0 Å². The Labute approximate surface area is 110 Å². The van der Waals surface area contributed by atoms with Crippen LogP contribution >= 0.6 is 0 Å². The highest BCUT2D eigenvalue weighted by Gasteiger charge is 2.00. The molecule has 1 nitrogen and oxygen atoms in total. The molecule has 0 aliphatic rings. The molecule has 0 fully saturated rings. The van der Waals surface area contributed by atoms with Gasteiger partial charge in [-0.05, 0) is 41.7 Å². The quantitative estimate of drug-likeness (QED) is 0.814. The summed E-state index contributed by atoms with van der Waals surface area (Å²) in [6, 6.07) is 17.3. The van der Waals surface area contributed by atoms with Crippen molar-refractivity contribution in [3.8, 4) is 0 Å². The molecule has 94 valence electrons. The fraction of sp³-hybridized carbons (Fsp3) is 0.294. The van der Waals surface area contributed by atoms with E-state index < -0.39 is 0 Å². The zero-order valence-corrected chi connectivity index (χ0v) is 11.2. The van der Waals surface area contributed by atoms with Gasteiger partial charge in [-0.15, -0.1) is 0 Å². The van der Waals surface area contributed by atoms with Crippen molar-refractivity contribution in [2.24, 2.45) is 0 Å². The molecule has 0 aliphatic heterocycles. The lowest BCUT2D eigenvalue weighted by atomic mass is 10.1. The van der Waals surface area contributed by atoms with Gasteiger partial charge in [-0.1, -0.05) is 50.2 Å². The molecule has 0 heterocycles. The maximum absolute atomic E-state index is 3.51. The largest absolute Gasteiger partial charge is 0.381 e. The second-order valence-electron chi connectivity index (χ2n) is 4.53. The Morgan fingerprint density at radius 2 is 1.61 bits per heavy atom. The molecule has 2 aromatic carbocycles. The van der Waals surface area contributed by atoms with E-state index in [4.69, 9.17) is 0 Å². The molecule has 0 aliphatic carbocycles. The van der Waals surface area contributed by atoms with Gasteiger partial charge in [0.25, 0.3) is 0 Å². The number of benzene rings is 2. The third-order valence-electron chi connectivity index (χ3n) is 3.32. The van der Waals surface area contributed by atoms with Crippen molar-refractivity contribution in [1.29, 1.82) is 0 Å². The van der Waals surface area contributed by atoms with Crippen molar-refractivity contribution in [2.75, 3.05) is 5.32 Å². The van der Waals surface area contributed by atoms with Crippen molar-refractivity contribution in [1.82, 2.24) is 0 Å². The van der Waals surface area contributed by atoms with Crippen LogP contribution in [0.3, 0.4) is 0 Å². The summed E-state index contributed by atoms with van der Waals surface area (Å²) in [7, 11) is 0. The third kappa shape index (κ3) is 3.13. The maximum Gasteiger partial charge on any atom is 0.0403 e. The molecule has 1 heteroatoms. The van der Waals surface area contributed by atoms with Crippen LogP contribution in [0.4, 0.5) is 5.69 Å². The Morgan fingerprint density at radius 1 is 0.833 bits per heavy atom. The van der Waals surface area contributed by atoms with Crippen LogP contribution in [0, 0.1) is 0 Å². The predicted octanol–water partition coefficient (Wildman–Crippen LogP) is 4.42. The van der Waals surface area contributed by atoms with Gasteiger partial charge in [-0.25, -0.2) is 0 Å². The Hall–Kier alpha value is -1.76. The minimum absolute atomic E-state index is 0.900. The van der Waals surface area contributed by atoms with Gasteiger partial charge in [-0.2, -0.15) is 0 Å². The summed E-state index contributed by atoms with van der Waals surface area (Å²) >= 11 is 0. The van der Waals surface area contributed by atoms with Gasteiger partial charge in [0.1, 0.15) is 0 Å². The zero-order valence-electron chi connectivity index (χ0n) is 11.2. The first-order chi connectivity index (χ1) is 8.83. The van der Waals surface area contributed by atoms with E-state index in [1.807, 2.05) is 0 Å². The van der Waals surface area contributed by atoms with Gasteiger partial charge in [-0.3, -0.25) is 0 Å². The van der Waals surface area contributed by atoms with E-state index >= 15 is 0 Å². The lowest BCUT2D eigenvalue weighted by Crippen LogP contribution is -2.02. The summed E-state index contributed by atoms with van der Waals surface area (Å²) in [6.07, 6.45) is 2.17. The summed E-state index contributed by atoms with van der Waals surface area (Å²) in [5.41, 5.74) is 5.41. The summed E-state index contributed by atoms with van der Waals surface area (Å²) < 4.78 is 0. The van der Waals surface area contributed by atoms with E-state index in [0.29, 0.717) is 0 Å². The highest BCUT2D eigenvalue weighted by Crippen LogP contribution is 2.15. The van der Waals surface area contributed by atoms with Crippen molar-refractivity contribution < 1.29 is 0 Å². The predicted molar refractivity (Wildman–Crippen MR) is 79.0 cm³/mol. The number of nitrogens with one attached hydrogen (secondary N) is 1. The standard InChI is InChI=1S/C17H21N/c1-3-14-8-7-11-17(12-14)18-13-16-10-6-5-9-15(16)4-2/h5-12,18H,3-4,13H2,1-2H3. The van der Waals surface area contributed by atoms with Crippen LogP contribution in [0.15, 0.2) is 48.5 Å². The molecule has 1 N–H and O–H groups in total. The monoisotopic (exact) mass is 239 g/mol. The molecule has 2 aromatic rings. The Kier molecular flexibility index (Phi) is 4.40.